The van der Waals surface area contributed by atoms with Crippen molar-refractivity contribution in [3.05, 3.63) is 75.9 Å². The zero-order valence-electron chi connectivity index (χ0n) is 23.7. The lowest BCUT2D eigenvalue weighted by molar-refractivity contribution is -0.133. The summed E-state index contributed by atoms with van der Waals surface area (Å²) in [5.41, 5.74) is 7.59. The van der Waals surface area contributed by atoms with Crippen LogP contribution in [0, 0.1) is 19.8 Å². The van der Waals surface area contributed by atoms with Gasteiger partial charge in [0.25, 0.3) is 5.91 Å². The van der Waals surface area contributed by atoms with Crippen LogP contribution in [0.25, 0.3) is 10.4 Å². The van der Waals surface area contributed by atoms with E-state index in [1.807, 2.05) is 70.5 Å². The number of nitrogens with zero attached hydrogens (tertiary/aromatic N) is 3. The number of aliphatic hydroxyl groups is 2. The van der Waals surface area contributed by atoms with Crippen LogP contribution in [0.15, 0.2) is 48.0 Å². The molecule has 3 N–H and O–H groups in total. The molecule has 2 amide bonds. The SMILES string of the molecule is Cc1cc(-c2scnc2C)ccc1C(C)NC(=O)C1CC(O)CN1C(O)C(C(C)C)N1Cc2ccccc2C1=O. The number of fused-ring (bicyclic) bond motifs is 1. The quantitative estimate of drug-likeness (QED) is 0.383. The third-order valence-corrected chi connectivity index (χ3v) is 9.24. The van der Waals surface area contributed by atoms with Crippen LogP contribution in [-0.4, -0.2) is 67.8 Å². The van der Waals surface area contributed by atoms with E-state index in [0.29, 0.717) is 12.1 Å². The molecule has 2 aromatic carbocycles. The third kappa shape index (κ3) is 5.31. The minimum Gasteiger partial charge on any atom is -0.392 e. The second-order valence-corrected chi connectivity index (χ2v) is 12.3. The first-order valence-electron chi connectivity index (χ1n) is 13.9. The van der Waals surface area contributed by atoms with Gasteiger partial charge in [0.2, 0.25) is 5.91 Å². The van der Waals surface area contributed by atoms with Gasteiger partial charge >= 0.3 is 0 Å². The fraction of sp³-hybridized carbons (Fsp3) is 0.452. The number of nitrogens with one attached hydrogen (secondary N) is 1. The van der Waals surface area contributed by atoms with Gasteiger partial charge in [0.1, 0.15) is 6.23 Å². The zero-order valence-corrected chi connectivity index (χ0v) is 24.5. The molecule has 212 valence electrons. The number of carbonyl (C=O) groups is 2. The highest BCUT2D eigenvalue weighted by Crippen LogP contribution is 2.33. The Labute approximate surface area is 239 Å². The zero-order chi connectivity index (χ0) is 28.7. The van der Waals surface area contributed by atoms with Crippen molar-refractivity contribution in [1.82, 2.24) is 20.1 Å². The molecule has 5 rings (SSSR count). The van der Waals surface area contributed by atoms with E-state index in [1.165, 1.54) is 0 Å². The molecule has 5 unspecified atom stereocenters. The van der Waals surface area contributed by atoms with E-state index in [1.54, 1.807) is 21.1 Å². The fourth-order valence-corrected chi connectivity index (χ4v) is 7.04. The molecule has 0 spiro atoms. The van der Waals surface area contributed by atoms with Gasteiger partial charge in [0.15, 0.2) is 0 Å². The van der Waals surface area contributed by atoms with Crippen LogP contribution in [-0.2, 0) is 11.3 Å². The first-order chi connectivity index (χ1) is 19.1. The maximum atomic E-state index is 13.6. The summed E-state index contributed by atoms with van der Waals surface area (Å²) in [6.45, 7) is 10.5. The summed E-state index contributed by atoms with van der Waals surface area (Å²) in [6, 6.07) is 12.2. The molecule has 40 heavy (non-hydrogen) atoms. The number of likely N-dealkylation sites (tertiary alicyclic amines) is 1. The number of benzene rings is 2. The largest absolute Gasteiger partial charge is 0.392 e. The van der Waals surface area contributed by atoms with Gasteiger partial charge in [-0.05, 0) is 61.4 Å². The van der Waals surface area contributed by atoms with Crippen LogP contribution in [0.4, 0.5) is 0 Å². The minimum absolute atomic E-state index is 0.0722. The molecule has 8 nitrogen and oxygen atoms in total. The predicted octanol–water partition coefficient (Wildman–Crippen LogP) is 4.04. The molecule has 3 heterocycles. The summed E-state index contributed by atoms with van der Waals surface area (Å²) in [6.07, 6.45) is -1.63. The van der Waals surface area contributed by atoms with Crippen molar-refractivity contribution in [3.8, 4) is 10.4 Å². The second-order valence-electron chi connectivity index (χ2n) is 11.4. The maximum Gasteiger partial charge on any atom is 0.254 e. The molecule has 1 saturated heterocycles. The summed E-state index contributed by atoms with van der Waals surface area (Å²) >= 11 is 1.61. The van der Waals surface area contributed by atoms with Crippen molar-refractivity contribution in [2.24, 2.45) is 5.92 Å². The smallest absolute Gasteiger partial charge is 0.254 e. The number of amides is 2. The van der Waals surface area contributed by atoms with E-state index in [4.69, 9.17) is 0 Å². The highest BCUT2D eigenvalue weighted by Gasteiger charge is 2.46. The summed E-state index contributed by atoms with van der Waals surface area (Å²) in [5.74, 6) is -0.435. The van der Waals surface area contributed by atoms with Crippen molar-refractivity contribution in [1.29, 1.82) is 0 Å². The van der Waals surface area contributed by atoms with Gasteiger partial charge < -0.3 is 20.4 Å². The number of β-amino-alcohol motifs (C(OH)–C–C–N with tert-alkyl or cyclic N) is 1. The first kappa shape index (κ1) is 28.4. The van der Waals surface area contributed by atoms with Crippen molar-refractivity contribution in [3.63, 3.8) is 0 Å². The third-order valence-electron chi connectivity index (χ3n) is 8.26. The molecule has 5 atom stereocenters. The second kappa shape index (κ2) is 11.4. The van der Waals surface area contributed by atoms with Gasteiger partial charge in [-0.3, -0.25) is 14.5 Å². The van der Waals surface area contributed by atoms with Crippen LogP contribution >= 0.6 is 11.3 Å². The molecular weight excluding hydrogens is 524 g/mol. The number of aliphatic hydroxyl groups excluding tert-OH is 2. The Hall–Kier alpha value is -3.11. The molecule has 1 fully saturated rings. The number of hydrogen-bond donors (Lipinski definition) is 3. The van der Waals surface area contributed by atoms with Crippen LogP contribution in [0.2, 0.25) is 0 Å². The Morgan fingerprint density at radius 3 is 2.55 bits per heavy atom. The highest BCUT2D eigenvalue weighted by atomic mass is 32.1. The molecule has 1 aromatic heterocycles. The summed E-state index contributed by atoms with van der Waals surface area (Å²) in [5, 5.41) is 25.3. The van der Waals surface area contributed by atoms with E-state index >= 15 is 0 Å². The lowest BCUT2D eigenvalue weighted by Gasteiger charge is -2.40. The van der Waals surface area contributed by atoms with Crippen LogP contribution in [0.1, 0.15) is 66.0 Å². The van der Waals surface area contributed by atoms with Gasteiger partial charge in [-0.15, -0.1) is 11.3 Å². The lowest BCUT2D eigenvalue weighted by atomic mass is 9.98. The summed E-state index contributed by atoms with van der Waals surface area (Å²) in [4.78, 5) is 35.7. The number of hydrogen-bond acceptors (Lipinski definition) is 7. The average Bonchev–Trinajstić information content (AvgIpc) is 3.61. The Morgan fingerprint density at radius 2 is 1.90 bits per heavy atom. The Morgan fingerprint density at radius 1 is 1.15 bits per heavy atom. The number of aromatic nitrogens is 1. The van der Waals surface area contributed by atoms with E-state index in [9.17, 15) is 19.8 Å². The molecule has 9 heteroatoms. The monoisotopic (exact) mass is 562 g/mol. The topological polar surface area (TPSA) is 106 Å². The molecule has 0 bridgehead atoms. The van der Waals surface area contributed by atoms with Crippen molar-refractivity contribution in [2.75, 3.05) is 6.54 Å². The predicted molar refractivity (Wildman–Crippen MR) is 156 cm³/mol. The van der Waals surface area contributed by atoms with Crippen LogP contribution in [0.3, 0.4) is 0 Å². The normalized spacial score (nSPS) is 21.5. The maximum absolute atomic E-state index is 13.6. The van der Waals surface area contributed by atoms with Crippen molar-refractivity contribution < 1.29 is 19.8 Å². The van der Waals surface area contributed by atoms with Gasteiger partial charge in [0, 0.05) is 18.7 Å². The van der Waals surface area contributed by atoms with Gasteiger partial charge in [-0.1, -0.05) is 50.2 Å². The molecular formula is C31H38N4O4S. The number of rotatable bonds is 8. The summed E-state index contributed by atoms with van der Waals surface area (Å²) in [7, 11) is 0. The first-order valence-corrected chi connectivity index (χ1v) is 14.8. The highest BCUT2D eigenvalue weighted by molar-refractivity contribution is 7.13. The van der Waals surface area contributed by atoms with Gasteiger partial charge in [0.05, 0.1) is 40.3 Å². The van der Waals surface area contributed by atoms with Gasteiger partial charge in [-0.2, -0.15) is 0 Å². The number of aryl methyl sites for hydroxylation is 2. The van der Waals surface area contributed by atoms with Crippen molar-refractivity contribution in [2.45, 2.75) is 78.0 Å². The Kier molecular flexibility index (Phi) is 8.10. The Balaban J connectivity index is 1.32. The minimum atomic E-state index is -1.11. The average molecular weight is 563 g/mol. The lowest BCUT2D eigenvalue weighted by Crippen LogP contribution is -2.58. The molecule has 3 aromatic rings. The molecule has 0 saturated carbocycles. The van der Waals surface area contributed by atoms with Gasteiger partial charge in [-0.25, -0.2) is 4.98 Å². The fourth-order valence-electron chi connectivity index (χ4n) is 6.24. The number of carbonyl (C=O) groups excluding carboxylic acids is 2. The molecule has 0 aliphatic carbocycles. The van der Waals surface area contributed by atoms with E-state index in [0.717, 1.165) is 32.8 Å². The molecule has 2 aliphatic heterocycles. The number of thiazole rings is 1. The standard InChI is InChI=1S/C31H38N4O4S/c1-17(2)27(35-14-22-8-6-7-9-25(22)30(35)38)31(39)34-15-23(36)13-26(34)29(37)33-19(4)24-11-10-21(12-18(24)3)28-20(5)32-16-40-28/h6-12,16-17,19,23,26-27,31,36,39H,13-15H2,1-5H3,(H,33,37). The van der Waals surface area contributed by atoms with E-state index in [2.05, 4.69) is 22.4 Å². The molecule has 2 aliphatic rings. The van der Waals surface area contributed by atoms with Crippen LogP contribution in [0.5, 0.6) is 0 Å². The molecule has 0 radical (unpaired) electrons. The van der Waals surface area contributed by atoms with E-state index < -0.39 is 24.4 Å². The Bertz CT molecular complexity index is 1410. The summed E-state index contributed by atoms with van der Waals surface area (Å²) < 4.78 is 0. The van der Waals surface area contributed by atoms with E-state index in [-0.39, 0.29) is 36.7 Å². The van der Waals surface area contributed by atoms with Crippen molar-refractivity contribution >= 4 is 23.2 Å². The van der Waals surface area contributed by atoms with Crippen LogP contribution < -0.4 is 5.32 Å².